The number of rotatable bonds is 5. The van der Waals surface area contributed by atoms with Crippen LogP contribution in [-0.2, 0) is 4.79 Å². The van der Waals surface area contributed by atoms with Crippen molar-refractivity contribution in [2.24, 2.45) is 5.92 Å². The van der Waals surface area contributed by atoms with Gasteiger partial charge in [-0.1, -0.05) is 60.7 Å². The van der Waals surface area contributed by atoms with Crippen LogP contribution in [0.4, 0.5) is 0 Å². The molecule has 1 aliphatic rings. The topological polar surface area (TPSA) is 43.4 Å². The summed E-state index contributed by atoms with van der Waals surface area (Å²) in [5.74, 6) is -0.859. The minimum Gasteiger partial charge on any atom is -0.550 e. The van der Waals surface area contributed by atoms with Gasteiger partial charge in [0.25, 0.3) is 0 Å². The van der Waals surface area contributed by atoms with E-state index < -0.39 is 5.97 Å². The molecule has 0 amide bonds. The molecular weight excluding hydrogens is 286 g/mol. The van der Waals surface area contributed by atoms with Gasteiger partial charge in [0.1, 0.15) is 0 Å². The molecule has 1 fully saturated rings. The molecule has 3 rings (SSSR count). The van der Waals surface area contributed by atoms with Crippen molar-refractivity contribution in [3.05, 3.63) is 71.8 Å². The van der Waals surface area contributed by atoms with Crippen LogP contribution in [-0.4, -0.2) is 30.5 Å². The van der Waals surface area contributed by atoms with Crippen molar-refractivity contribution in [1.29, 1.82) is 0 Å². The van der Waals surface area contributed by atoms with Crippen molar-refractivity contribution in [2.75, 3.05) is 19.6 Å². The van der Waals surface area contributed by atoms with Crippen LogP contribution < -0.4 is 5.11 Å². The largest absolute Gasteiger partial charge is 0.550 e. The number of piperidine rings is 1. The second kappa shape index (κ2) is 7.42. The summed E-state index contributed by atoms with van der Waals surface area (Å²) < 4.78 is 0. The third-order valence-electron chi connectivity index (χ3n) is 4.77. The van der Waals surface area contributed by atoms with E-state index in [0.717, 1.165) is 19.6 Å². The molecule has 0 aromatic heterocycles. The molecule has 0 saturated carbocycles. The van der Waals surface area contributed by atoms with E-state index in [1.165, 1.54) is 11.1 Å². The molecule has 2 aromatic rings. The van der Waals surface area contributed by atoms with Crippen LogP contribution in [0.3, 0.4) is 0 Å². The molecule has 0 spiro atoms. The van der Waals surface area contributed by atoms with Crippen molar-refractivity contribution in [1.82, 2.24) is 4.90 Å². The Hall–Kier alpha value is -2.13. The lowest BCUT2D eigenvalue weighted by atomic mass is 9.89. The number of carboxylic acids is 1. The molecule has 0 radical (unpaired) electrons. The monoisotopic (exact) mass is 308 g/mol. The quantitative estimate of drug-likeness (QED) is 0.851. The van der Waals surface area contributed by atoms with E-state index in [0.29, 0.717) is 18.8 Å². The lowest BCUT2D eigenvalue weighted by molar-refractivity contribution is -0.312. The van der Waals surface area contributed by atoms with E-state index in [2.05, 4.69) is 53.4 Å². The maximum absolute atomic E-state index is 11.0. The van der Waals surface area contributed by atoms with Gasteiger partial charge in [0.05, 0.1) is 0 Å². The van der Waals surface area contributed by atoms with Gasteiger partial charge in [0.15, 0.2) is 0 Å². The number of benzene rings is 2. The molecule has 120 valence electrons. The summed E-state index contributed by atoms with van der Waals surface area (Å²) in [4.78, 5) is 13.4. The maximum Gasteiger partial charge on any atom is 0.0446 e. The summed E-state index contributed by atoms with van der Waals surface area (Å²) in [6.07, 6.45) is 1.39. The normalized spacial score (nSPS) is 16.6. The minimum atomic E-state index is -0.896. The number of hydrogen-bond acceptors (Lipinski definition) is 3. The Morgan fingerprint density at radius 3 is 1.87 bits per heavy atom. The van der Waals surface area contributed by atoms with Gasteiger partial charge in [-0.15, -0.1) is 0 Å². The zero-order valence-electron chi connectivity index (χ0n) is 13.2. The predicted molar refractivity (Wildman–Crippen MR) is 88.9 cm³/mol. The summed E-state index contributed by atoms with van der Waals surface area (Å²) in [5.41, 5.74) is 2.61. The molecule has 0 bridgehead atoms. The first kappa shape index (κ1) is 15.8. The Balaban J connectivity index is 1.74. The molecule has 0 aliphatic carbocycles. The zero-order chi connectivity index (χ0) is 16.1. The summed E-state index contributed by atoms with van der Waals surface area (Å²) in [6.45, 7) is 2.58. The third kappa shape index (κ3) is 3.99. The van der Waals surface area contributed by atoms with Gasteiger partial charge < -0.3 is 14.8 Å². The molecule has 0 unspecified atom stereocenters. The van der Waals surface area contributed by atoms with Crippen LogP contribution in [0, 0.1) is 5.92 Å². The van der Waals surface area contributed by atoms with Gasteiger partial charge in [0.2, 0.25) is 0 Å². The van der Waals surface area contributed by atoms with E-state index in [-0.39, 0.29) is 5.92 Å². The molecule has 1 heterocycles. The Morgan fingerprint density at radius 1 is 0.957 bits per heavy atom. The Labute approximate surface area is 137 Å². The Kier molecular flexibility index (Phi) is 5.09. The number of aliphatic carboxylic acids is 1. The summed E-state index contributed by atoms with van der Waals surface area (Å²) in [6, 6.07) is 21.1. The van der Waals surface area contributed by atoms with Crippen LogP contribution in [0.15, 0.2) is 60.7 Å². The molecule has 1 aliphatic heterocycles. The predicted octanol–water partition coefficient (Wildman–Crippen LogP) is 2.28. The van der Waals surface area contributed by atoms with Crippen LogP contribution in [0.25, 0.3) is 0 Å². The number of carbonyl (C=O) groups is 1. The molecule has 2 aromatic carbocycles. The average Bonchev–Trinajstić information content (AvgIpc) is 2.61. The standard InChI is InChI=1S/C20H23NO2/c22-20(23)18-11-13-21(14-12-18)15-19(16-7-3-1-4-8-16)17-9-5-2-6-10-17/h1-10,18-19H,11-15H2,(H,22,23)/p-1. The van der Waals surface area contributed by atoms with Gasteiger partial charge in [-0.05, 0) is 37.1 Å². The molecular formula is C20H22NO2-. The first-order valence-corrected chi connectivity index (χ1v) is 8.27. The number of hydrogen-bond donors (Lipinski definition) is 0. The lowest BCUT2D eigenvalue weighted by Crippen LogP contribution is -2.42. The third-order valence-corrected chi connectivity index (χ3v) is 4.77. The van der Waals surface area contributed by atoms with Crippen LogP contribution >= 0.6 is 0 Å². The highest BCUT2D eigenvalue weighted by molar-refractivity contribution is 5.67. The van der Waals surface area contributed by atoms with E-state index in [9.17, 15) is 9.90 Å². The summed E-state index contributed by atoms with van der Waals surface area (Å²) in [5, 5.41) is 11.0. The van der Waals surface area contributed by atoms with Gasteiger partial charge in [-0.25, -0.2) is 0 Å². The SMILES string of the molecule is O=C([O-])C1CCN(CC(c2ccccc2)c2ccccc2)CC1. The molecule has 3 heteroatoms. The van der Waals surface area contributed by atoms with Crippen molar-refractivity contribution >= 4 is 5.97 Å². The Bertz CT molecular complexity index is 579. The second-order valence-electron chi connectivity index (χ2n) is 6.27. The number of carbonyl (C=O) groups excluding carboxylic acids is 1. The number of likely N-dealkylation sites (tertiary alicyclic amines) is 1. The van der Waals surface area contributed by atoms with E-state index in [4.69, 9.17) is 0 Å². The number of nitrogens with zero attached hydrogens (tertiary/aromatic N) is 1. The second-order valence-corrected chi connectivity index (χ2v) is 6.27. The van der Waals surface area contributed by atoms with Gasteiger partial charge in [-0.3, -0.25) is 0 Å². The molecule has 3 nitrogen and oxygen atoms in total. The fourth-order valence-corrected chi connectivity index (χ4v) is 3.38. The number of carboxylic acid groups (broad SMARTS) is 1. The minimum absolute atomic E-state index is 0.279. The summed E-state index contributed by atoms with van der Waals surface area (Å²) in [7, 11) is 0. The van der Waals surface area contributed by atoms with Gasteiger partial charge >= 0.3 is 0 Å². The smallest absolute Gasteiger partial charge is 0.0446 e. The van der Waals surface area contributed by atoms with Crippen molar-refractivity contribution in [2.45, 2.75) is 18.8 Å². The van der Waals surface area contributed by atoms with Crippen LogP contribution in [0.5, 0.6) is 0 Å². The summed E-state index contributed by atoms with van der Waals surface area (Å²) >= 11 is 0. The van der Waals surface area contributed by atoms with Crippen molar-refractivity contribution in [3.63, 3.8) is 0 Å². The molecule has 0 atom stereocenters. The van der Waals surface area contributed by atoms with Crippen LogP contribution in [0.2, 0.25) is 0 Å². The highest BCUT2D eigenvalue weighted by Gasteiger charge is 2.23. The van der Waals surface area contributed by atoms with E-state index in [1.807, 2.05) is 12.1 Å². The van der Waals surface area contributed by atoms with Gasteiger partial charge in [0, 0.05) is 24.3 Å². The molecule has 1 saturated heterocycles. The average molecular weight is 308 g/mol. The zero-order valence-corrected chi connectivity index (χ0v) is 13.2. The van der Waals surface area contributed by atoms with Crippen molar-refractivity contribution in [3.8, 4) is 0 Å². The first-order valence-electron chi connectivity index (χ1n) is 8.27. The Morgan fingerprint density at radius 2 is 1.43 bits per heavy atom. The van der Waals surface area contributed by atoms with Crippen LogP contribution in [0.1, 0.15) is 29.9 Å². The highest BCUT2D eigenvalue weighted by Crippen LogP contribution is 2.27. The fourth-order valence-electron chi connectivity index (χ4n) is 3.38. The van der Waals surface area contributed by atoms with E-state index >= 15 is 0 Å². The first-order chi connectivity index (χ1) is 11.2. The lowest BCUT2D eigenvalue weighted by Gasteiger charge is -2.35. The van der Waals surface area contributed by atoms with Gasteiger partial charge in [-0.2, -0.15) is 0 Å². The fraction of sp³-hybridized carbons (Fsp3) is 0.350. The maximum atomic E-state index is 11.0. The molecule has 0 N–H and O–H groups in total. The molecule has 23 heavy (non-hydrogen) atoms. The van der Waals surface area contributed by atoms with Crippen molar-refractivity contribution < 1.29 is 9.90 Å². The highest BCUT2D eigenvalue weighted by atomic mass is 16.4. The van der Waals surface area contributed by atoms with E-state index in [1.54, 1.807) is 0 Å².